The zero-order valence-electron chi connectivity index (χ0n) is 8.25. The second kappa shape index (κ2) is 3.76. The van der Waals surface area contributed by atoms with Gasteiger partial charge in [0.1, 0.15) is 11.5 Å². The Hall–Kier alpha value is -2.05. The van der Waals surface area contributed by atoms with Crippen molar-refractivity contribution in [2.24, 2.45) is 0 Å². The van der Waals surface area contributed by atoms with Gasteiger partial charge in [-0.15, -0.1) is 0 Å². The van der Waals surface area contributed by atoms with Gasteiger partial charge in [-0.3, -0.25) is 0 Å². The normalized spacial score (nSPS) is 11.8. The number of aromatic nitrogens is 1. The van der Waals surface area contributed by atoms with Crippen molar-refractivity contribution in [2.75, 3.05) is 5.73 Å². The summed E-state index contributed by atoms with van der Waals surface area (Å²) in [6.07, 6.45) is -4.62. The monoisotopic (exact) mass is 246 g/mol. The van der Waals surface area contributed by atoms with Gasteiger partial charge in [0.25, 0.3) is 0 Å². The summed E-state index contributed by atoms with van der Waals surface area (Å²) in [4.78, 5) is 0. The Labute approximate surface area is 92.8 Å². The summed E-state index contributed by atoms with van der Waals surface area (Å²) in [7, 11) is 0. The Kier molecular flexibility index (Phi) is 2.53. The van der Waals surface area contributed by atoms with Gasteiger partial charge in [-0.25, -0.2) is 4.39 Å². The average Bonchev–Trinajstić information content (AvgIpc) is 2.62. The molecule has 0 fully saturated rings. The number of hydrogen-bond acceptors (Lipinski definition) is 3. The Morgan fingerprint density at radius 1 is 1.12 bits per heavy atom. The molecule has 0 bridgehead atoms. The average molecular weight is 246 g/mol. The first kappa shape index (κ1) is 11.4. The summed E-state index contributed by atoms with van der Waals surface area (Å²) in [6, 6.07) is 3.33. The fraction of sp³-hybridized carbons (Fsp3) is 0.100. The zero-order valence-corrected chi connectivity index (χ0v) is 8.25. The van der Waals surface area contributed by atoms with Crippen LogP contribution in [0.4, 0.5) is 23.4 Å². The van der Waals surface area contributed by atoms with Crippen molar-refractivity contribution < 1.29 is 22.1 Å². The second-order valence-electron chi connectivity index (χ2n) is 3.34. The van der Waals surface area contributed by atoms with E-state index in [0.29, 0.717) is 6.07 Å². The van der Waals surface area contributed by atoms with Crippen molar-refractivity contribution in [1.82, 2.24) is 5.16 Å². The van der Waals surface area contributed by atoms with Crippen LogP contribution in [0.2, 0.25) is 0 Å². The maximum absolute atomic E-state index is 13.1. The van der Waals surface area contributed by atoms with Gasteiger partial charge >= 0.3 is 6.18 Å². The lowest BCUT2D eigenvalue weighted by Crippen LogP contribution is -2.05. The molecular weight excluding hydrogens is 240 g/mol. The van der Waals surface area contributed by atoms with Gasteiger partial charge in [0.2, 0.25) is 5.88 Å². The van der Waals surface area contributed by atoms with E-state index in [9.17, 15) is 17.6 Å². The minimum absolute atomic E-state index is 0.0437. The molecule has 0 radical (unpaired) electrons. The predicted molar refractivity (Wildman–Crippen MR) is 51.3 cm³/mol. The van der Waals surface area contributed by atoms with Gasteiger partial charge in [-0.1, -0.05) is 5.16 Å². The van der Waals surface area contributed by atoms with Crippen LogP contribution in [-0.4, -0.2) is 5.16 Å². The zero-order chi connectivity index (χ0) is 12.6. The first-order chi connectivity index (χ1) is 7.86. The van der Waals surface area contributed by atoms with E-state index in [0.717, 1.165) is 12.1 Å². The van der Waals surface area contributed by atoms with Crippen LogP contribution in [0.1, 0.15) is 5.56 Å². The van der Waals surface area contributed by atoms with Gasteiger partial charge in [0, 0.05) is 11.6 Å². The van der Waals surface area contributed by atoms with E-state index in [4.69, 9.17) is 5.73 Å². The van der Waals surface area contributed by atoms with E-state index < -0.39 is 17.6 Å². The smallest absolute Gasteiger partial charge is 0.368 e. The molecule has 7 heteroatoms. The summed E-state index contributed by atoms with van der Waals surface area (Å²) in [5.74, 6) is -1.06. The highest BCUT2D eigenvalue weighted by Crippen LogP contribution is 2.33. The molecule has 0 spiro atoms. The van der Waals surface area contributed by atoms with E-state index in [2.05, 4.69) is 9.68 Å². The highest BCUT2D eigenvalue weighted by molar-refractivity contribution is 5.62. The van der Waals surface area contributed by atoms with Crippen molar-refractivity contribution in [2.45, 2.75) is 6.18 Å². The summed E-state index contributed by atoms with van der Waals surface area (Å²) in [6.45, 7) is 0. The van der Waals surface area contributed by atoms with Crippen molar-refractivity contribution in [3.8, 4) is 11.3 Å². The Bertz CT molecular complexity index is 547. The van der Waals surface area contributed by atoms with Crippen molar-refractivity contribution in [1.29, 1.82) is 0 Å². The predicted octanol–water partition coefficient (Wildman–Crippen LogP) is 3.08. The van der Waals surface area contributed by atoms with Crippen molar-refractivity contribution in [3.05, 3.63) is 35.6 Å². The molecule has 2 N–H and O–H groups in total. The lowest BCUT2D eigenvalue weighted by Gasteiger charge is -2.07. The molecule has 0 aliphatic heterocycles. The summed E-state index contributed by atoms with van der Waals surface area (Å²) in [5, 5.41) is 3.42. The molecule has 90 valence electrons. The number of anilines is 1. The molecule has 3 nitrogen and oxygen atoms in total. The van der Waals surface area contributed by atoms with Gasteiger partial charge in [0.05, 0.1) is 5.56 Å². The molecule has 0 aliphatic rings. The fourth-order valence-corrected chi connectivity index (χ4v) is 1.33. The third-order valence-electron chi connectivity index (χ3n) is 2.05. The molecule has 1 aromatic heterocycles. The molecule has 0 aliphatic carbocycles. The Morgan fingerprint density at radius 3 is 2.35 bits per heavy atom. The van der Waals surface area contributed by atoms with Crippen LogP contribution >= 0.6 is 0 Å². The fourth-order valence-electron chi connectivity index (χ4n) is 1.33. The molecule has 17 heavy (non-hydrogen) atoms. The number of benzene rings is 1. The third kappa shape index (κ3) is 2.38. The maximum atomic E-state index is 13.1. The van der Waals surface area contributed by atoms with Crippen molar-refractivity contribution in [3.63, 3.8) is 0 Å². The quantitative estimate of drug-likeness (QED) is 0.786. The highest BCUT2D eigenvalue weighted by Gasteiger charge is 2.31. The minimum Gasteiger partial charge on any atom is -0.368 e. The van der Waals surface area contributed by atoms with Crippen LogP contribution in [0.3, 0.4) is 0 Å². The minimum atomic E-state index is -4.62. The van der Waals surface area contributed by atoms with E-state index >= 15 is 0 Å². The lowest BCUT2D eigenvalue weighted by atomic mass is 10.1. The largest absolute Gasteiger partial charge is 0.416 e. The number of nitrogens with zero attached hydrogens (tertiary/aromatic N) is 1. The van der Waals surface area contributed by atoms with Gasteiger partial charge in [0.15, 0.2) is 0 Å². The summed E-state index contributed by atoms with van der Waals surface area (Å²) >= 11 is 0. The molecule has 0 saturated carbocycles. The summed E-state index contributed by atoms with van der Waals surface area (Å²) in [5.41, 5.74) is 4.15. The topological polar surface area (TPSA) is 52.0 Å². The molecule has 1 aromatic carbocycles. The van der Waals surface area contributed by atoms with Crippen LogP contribution < -0.4 is 5.73 Å². The molecular formula is C10H6F4N2O. The Morgan fingerprint density at radius 2 is 1.82 bits per heavy atom. The highest BCUT2D eigenvalue weighted by atomic mass is 19.4. The van der Waals surface area contributed by atoms with E-state index in [-0.39, 0.29) is 17.1 Å². The molecule has 2 rings (SSSR count). The number of hydrogen-bond donors (Lipinski definition) is 1. The van der Waals surface area contributed by atoms with E-state index in [1.54, 1.807) is 0 Å². The van der Waals surface area contributed by atoms with E-state index in [1.807, 2.05) is 0 Å². The lowest BCUT2D eigenvalue weighted by molar-refractivity contribution is -0.137. The molecule has 0 saturated heterocycles. The van der Waals surface area contributed by atoms with Crippen LogP contribution in [0.15, 0.2) is 28.8 Å². The second-order valence-corrected chi connectivity index (χ2v) is 3.34. The number of rotatable bonds is 1. The first-order valence-electron chi connectivity index (χ1n) is 4.46. The number of nitrogen functional groups attached to an aromatic ring is 1. The summed E-state index contributed by atoms with van der Waals surface area (Å²) < 4.78 is 54.9. The van der Waals surface area contributed by atoms with Gasteiger partial charge in [-0.2, -0.15) is 13.2 Å². The molecule has 1 heterocycles. The third-order valence-corrected chi connectivity index (χ3v) is 2.05. The van der Waals surface area contributed by atoms with Crippen LogP contribution in [0.25, 0.3) is 11.3 Å². The van der Waals surface area contributed by atoms with Crippen molar-refractivity contribution >= 4 is 5.88 Å². The molecule has 0 amide bonds. The first-order valence-corrected chi connectivity index (χ1v) is 4.46. The number of halogens is 4. The number of alkyl halides is 3. The van der Waals surface area contributed by atoms with Crippen LogP contribution in [0.5, 0.6) is 0 Å². The maximum Gasteiger partial charge on any atom is 0.416 e. The van der Waals surface area contributed by atoms with Gasteiger partial charge in [-0.05, 0) is 18.2 Å². The molecule has 2 aromatic rings. The molecule has 0 unspecified atom stereocenters. The molecule has 0 atom stereocenters. The number of nitrogens with two attached hydrogens (primary N) is 1. The Balaban J connectivity index is 2.52. The van der Waals surface area contributed by atoms with Gasteiger partial charge < -0.3 is 10.3 Å². The van der Waals surface area contributed by atoms with Crippen LogP contribution in [0, 0.1) is 5.82 Å². The SMILES string of the molecule is Nc1cc(-c2cc(F)cc(C(F)(F)F)c2)no1. The van der Waals surface area contributed by atoms with Crippen LogP contribution in [-0.2, 0) is 6.18 Å². The standard InChI is InChI=1S/C10H6F4N2O/c11-7-2-5(8-4-9(15)17-16-8)1-6(3-7)10(12,13)14/h1-4H,15H2. The van der Waals surface area contributed by atoms with E-state index in [1.165, 1.54) is 6.07 Å².